The molecule has 5 nitrogen and oxygen atoms in total. The van der Waals surface area contributed by atoms with Gasteiger partial charge in [-0.2, -0.15) is 18.3 Å². The number of alkyl halides is 3. The van der Waals surface area contributed by atoms with Crippen LogP contribution in [0.2, 0.25) is 5.02 Å². The van der Waals surface area contributed by atoms with E-state index >= 15 is 0 Å². The monoisotopic (exact) mass is 369 g/mol. The fourth-order valence-electron chi connectivity index (χ4n) is 1.73. The molecule has 25 heavy (non-hydrogen) atoms. The summed E-state index contributed by atoms with van der Waals surface area (Å²) in [5, 5.41) is 6.18. The summed E-state index contributed by atoms with van der Waals surface area (Å²) in [4.78, 5) is 23.3. The third-order valence-electron chi connectivity index (χ3n) is 2.90. The average Bonchev–Trinajstić information content (AvgIpc) is 2.56. The van der Waals surface area contributed by atoms with E-state index in [1.165, 1.54) is 12.3 Å². The lowest BCUT2D eigenvalue weighted by Gasteiger charge is -2.09. The Morgan fingerprint density at radius 3 is 2.36 bits per heavy atom. The van der Waals surface area contributed by atoms with Gasteiger partial charge < -0.3 is 5.32 Å². The number of nitrogens with one attached hydrogen (secondary N) is 2. The predicted molar refractivity (Wildman–Crippen MR) is 87.3 cm³/mol. The first-order valence-electron chi connectivity index (χ1n) is 6.83. The molecule has 2 aromatic carbocycles. The molecule has 0 unspecified atom stereocenters. The van der Waals surface area contributed by atoms with E-state index in [1.54, 1.807) is 24.3 Å². The van der Waals surface area contributed by atoms with Gasteiger partial charge in [0, 0.05) is 10.7 Å². The Kier molecular flexibility index (Phi) is 5.76. The van der Waals surface area contributed by atoms with Gasteiger partial charge in [0.15, 0.2) is 0 Å². The summed E-state index contributed by atoms with van der Waals surface area (Å²) in [6, 6.07) is 10.4. The minimum absolute atomic E-state index is 0.156. The zero-order valence-electron chi connectivity index (χ0n) is 12.5. The number of anilines is 1. The molecule has 0 fully saturated rings. The molecule has 0 heterocycles. The molecule has 0 aromatic heterocycles. The van der Waals surface area contributed by atoms with Gasteiger partial charge in [-0.3, -0.25) is 9.59 Å². The summed E-state index contributed by atoms with van der Waals surface area (Å²) >= 11 is 5.72. The van der Waals surface area contributed by atoms with E-state index in [1.807, 2.05) is 5.43 Å². The molecule has 0 aliphatic carbocycles. The second kappa shape index (κ2) is 7.80. The van der Waals surface area contributed by atoms with Gasteiger partial charge in [0.05, 0.1) is 11.8 Å². The predicted octanol–water partition coefficient (Wildman–Crippen LogP) is 3.45. The van der Waals surface area contributed by atoms with Crippen LogP contribution in [0, 0.1) is 0 Å². The van der Waals surface area contributed by atoms with Gasteiger partial charge in [-0.15, -0.1) is 0 Å². The molecule has 2 rings (SSSR count). The van der Waals surface area contributed by atoms with Crippen molar-refractivity contribution in [1.82, 2.24) is 5.43 Å². The van der Waals surface area contributed by atoms with Crippen LogP contribution in [-0.4, -0.2) is 18.0 Å². The van der Waals surface area contributed by atoms with Crippen molar-refractivity contribution in [3.63, 3.8) is 0 Å². The highest BCUT2D eigenvalue weighted by molar-refractivity contribution is 6.39. The van der Waals surface area contributed by atoms with Crippen LogP contribution in [0.1, 0.15) is 11.1 Å². The molecule has 0 saturated heterocycles. The number of hydrogen-bond acceptors (Lipinski definition) is 3. The molecular formula is C16H11ClF3N3O2. The third kappa shape index (κ3) is 5.61. The average molecular weight is 370 g/mol. The summed E-state index contributed by atoms with van der Waals surface area (Å²) in [6.45, 7) is 0. The molecule has 2 amide bonds. The number of benzene rings is 2. The molecule has 2 aromatic rings. The van der Waals surface area contributed by atoms with Crippen molar-refractivity contribution >= 4 is 35.3 Å². The highest BCUT2D eigenvalue weighted by Gasteiger charge is 2.30. The number of hydrazone groups is 1. The van der Waals surface area contributed by atoms with E-state index in [9.17, 15) is 22.8 Å². The quantitative estimate of drug-likeness (QED) is 0.494. The Hall–Kier alpha value is -2.87. The molecule has 0 radical (unpaired) electrons. The smallest absolute Gasteiger partial charge is 0.318 e. The minimum Gasteiger partial charge on any atom is -0.318 e. The number of carbonyl (C=O) groups excluding carboxylic acids is 2. The zero-order chi connectivity index (χ0) is 18.4. The lowest BCUT2D eigenvalue weighted by molar-refractivity contribution is -0.137. The highest BCUT2D eigenvalue weighted by Crippen LogP contribution is 2.30. The van der Waals surface area contributed by atoms with Crippen LogP contribution in [0.5, 0.6) is 0 Å². The first-order chi connectivity index (χ1) is 11.8. The van der Waals surface area contributed by atoms with Crippen LogP contribution in [0.25, 0.3) is 0 Å². The zero-order valence-corrected chi connectivity index (χ0v) is 13.2. The van der Waals surface area contributed by atoms with Crippen molar-refractivity contribution in [2.75, 3.05) is 5.32 Å². The fraction of sp³-hybridized carbons (Fsp3) is 0.0625. The lowest BCUT2D eigenvalue weighted by atomic mass is 10.2. The maximum atomic E-state index is 12.6. The van der Waals surface area contributed by atoms with Crippen molar-refractivity contribution < 1.29 is 22.8 Å². The van der Waals surface area contributed by atoms with Gasteiger partial charge in [0.1, 0.15) is 0 Å². The number of carbonyl (C=O) groups is 2. The first-order valence-corrected chi connectivity index (χ1v) is 7.21. The van der Waals surface area contributed by atoms with Crippen molar-refractivity contribution in [3.8, 4) is 0 Å². The Balaban J connectivity index is 1.94. The highest BCUT2D eigenvalue weighted by atomic mass is 35.5. The summed E-state index contributed by atoms with van der Waals surface area (Å²) in [5.41, 5.74) is 1.51. The van der Waals surface area contributed by atoms with E-state index in [0.29, 0.717) is 10.6 Å². The van der Waals surface area contributed by atoms with Gasteiger partial charge in [0.2, 0.25) is 0 Å². The number of hydrogen-bond donors (Lipinski definition) is 2. The fourth-order valence-corrected chi connectivity index (χ4v) is 1.85. The SMILES string of the molecule is O=C(N/N=C/c1ccc(Cl)cc1)C(=O)Nc1cccc(C(F)(F)F)c1. The molecule has 0 bridgehead atoms. The Bertz CT molecular complexity index is 805. The standard InChI is InChI=1S/C16H11ClF3N3O2/c17-12-6-4-10(5-7-12)9-21-23-15(25)14(24)22-13-3-1-2-11(8-13)16(18,19)20/h1-9H,(H,22,24)(H,23,25)/b21-9+. The van der Waals surface area contributed by atoms with Gasteiger partial charge in [-0.05, 0) is 35.9 Å². The maximum Gasteiger partial charge on any atom is 0.416 e. The topological polar surface area (TPSA) is 70.6 Å². The molecule has 0 aliphatic heterocycles. The molecule has 0 spiro atoms. The molecule has 9 heteroatoms. The Morgan fingerprint density at radius 1 is 1.04 bits per heavy atom. The number of halogens is 4. The maximum absolute atomic E-state index is 12.6. The van der Waals surface area contributed by atoms with Crippen LogP contribution in [0.15, 0.2) is 53.6 Å². The number of rotatable bonds is 3. The third-order valence-corrected chi connectivity index (χ3v) is 3.16. The molecule has 0 saturated carbocycles. The number of nitrogens with zero attached hydrogens (tertiary/aromatic N) is 1. The summed E-state index contributed by atoms with van der Waals surface area (Å²) in [7, 11) is 0. The van der Waals surface area contributed by atoms with Gasteiger partial charge in [-0.1, -0.05) is 29.8 Å². The van der Waals surface area contributed by atoms with Crippen molar-refractivity contribution in [2.45, 2.75) is 6.18 Å². The van der Waals surface area contributed by atoms with E-state index in [-0.39, 0.29) is 5.69 Å². The Labute approximate surface area is 145 Å². The van der Waals surface area contributed by atoms with Crippen LogP contribution in [0.4, 0.5) is 18.9 Å². The van der Waals surface area contributed by atoms with Crippen molar-refractivity contribution in [1.29, 1.82) is 0 Å². The van der Waals surface area contributed by atoms with Crippen molar-refractivity contribution in [2.24, 2.45) is 5.10 Å². The molecule has 0 atom stereocenters. The normalized spacial score (nSPS) is 11.4. The summed E-state index contributed by atoms with van der Waals surface area (Å²) in [6.07, 6.45) is -3.27. The van der Waals surface area contributed by atoms with Gasteiger partial charge in [-0.25, -0.2) is 5.43 Å². The van der Waals surface area contributed by atoms with E-state index < -0.39 is 23.6 Å². The van der Waals surface area contributed by atoms with Crippen LogP contribution in [0.3, 0.4) is 0 Å². The van der Waals surface area contributed by atoms with E-state index in [0.717, 1.165) is 18.2 Å². The number of amides is 2. The summed E-state index contributed by atoms with van der Waals surface area (Å²) < 4.78 is 37.8. The van der Waals surface area contributed by atoms with Crippen molar-refractivity contribution in [3.05, 3.63) is 64.7 Å². The summed E-state index contributed by atoms with van der Waals surface area (Å²) in [5.74, 6) is -2.27. The lowest BCUT2D eigenvalue weighted by Crippen LogP contribution is -2.32. The van der Waals surface area contributed by atoms with Crippen LogP contribution < -0.4 is 10.7 Å². The van der Waals surface area contributed by atoms with Gasteiger partial charge >= 0.3 is 18.0 Å². The molecule has 130 valence electrons. The second-order valence-corrected chi connectivity index (χ2v) is 5.22. The van der Waals surface area contributed by atoms with Gasteiger partial charge in [0.25, 0.3) is 0 Å². The molecule has 2 N–H and O–H groups in total. The molecule has 0 aliphatic rings. The minimum atomic E-state index is -4.55. The second-order valence-electron chi connectivity index (χ2n) is 4.78. The Morgan fingerprint density at radius 2 is 1.72 bits per heavy atom. The van der Waals surface area contributed by atoms with Crippen LogP contribution in [-0.2, 0) is 15.8 Å². The van der Waals surface area contributed by atoms with E-state index in [4.69, 9.17) is 11.6 Å². The largest absolute Gasteiger partial charge is 0.416 e. The first kappa shape index (κ1) is 18.5. The van der Waals surface area contributed by atoms with E-state index in [2.05, 4.69) is 10.4 Å². The van der Waals surface area contributed by atoms with Crippen LogP contribution >= 0.6 is 11.6 Å². The molecular weight excluding hydrogens is 359 g/mol.